The number of aliphatic hydroxyl groups excluding tert-OH is 3. The van der Waals surface area contributed by atoms with Crippen LogP contribution in [0.25, 0.3) is 0 Å². The van der Waals surface area contributed by atoms with Crippen LogP contribution in [-0.4, -0.2) is 91.1 Å². The lowest BCUT2D eigenvalue weighted by Gasteiger charge is -2.44. The molecule has 2 heterocycles. The lowest BCUT2D eigenvalue weighted by Crippen LogP contribution is -2.63. The first-order valence-electron chi connectivity index (χ1n) is 7.70. The molecule has 2 aliphatic heterocycles. The molecule has 2 saturated heterocycles. The molecule has 0 saturated carbocycles. The summed E-state index contributed by atoms with van der Waals surface area (Å²) in [5.74, 6) is -0.348. The fraction of sp³-hybridized carbons (Fsp3) is 1.00. The van der Waals surface area contributed by atoms with Gasteiger partial charge >= 0.3 is 10.1 Å². The van der Waals surface area contributed by atoms with Gasteiger partial charge in [0.25, 0.3) is 0 Å². The third kappa shape index (κ3) is 4.13. The van der Waals surface area contributed by atoms with Crippen molar-refractivity contribution in [2.24, 2.45) is 5.92 Å². The summed E-state index contributed by atoms with van der Waals surface area (Å²) in [6, 6.07) is 0. The Morgan fingerprint density at radius 1 is 1.04 bits per heavy atom. The van der Waals surface area contributed by atoms with Gasteiger partial charge in [-0.3, -0.25) is 0 Å². The fourth-order valence-electron chi connectivity index (χ4n) is 2.97. The van der Waals surface area contributed by atoms with Gasteiger partial charge in [0.2, 0.25) is 0 Å². The molecule has 0 aromatic carbocycles. The average Bonchev–Trinajstić information content (AvgIpc) is 2.57. The van der Waals surface area contributed by atoms with Crippen LogP contribution in [0.4, 0.5) is 0 Å². The van der Waals surface area contributed by atoms with E-state index in [2.05, 4.69) is 4.33 Å². The molecule has 0 amide bonds. The van der Waals surface area contributed by atoms with Gasteiger partial charge in [0.1, 0.15) is 23.6 Å². The lowest BCUT2D eigenvalue weighted by atomic mass is 9.97. The van der Waals surface area contributed by atoms with Crippen LogP contribution in [0, 0.1) is 5.92 Å². The fourth-order valence-corrected chi connectivity index (χ4v) is 4.15. The van der Waals surface area contributed by atoms with Crippen LogP contribution in [0.3, 0.4) is 0 Å². The molecule has 0 radical (unpaired) electrons. The molecule has 148 valence electrons. The van der Waals surface area contributed by atoms with E-state index >= 15 is 0 Å². The van der Waals surface area contributed by atoms with Crippen LogP contribution in [0.1, 0.15) is 13.8 Å². The van der Waals surface area contributed by atoms with E-state index < -0.39 is 58.5 Å². The molecule has 25 heavy (non-hydrogen) atoms. The zero-order chi connectivity index (χ0) is 18.9. The standard InChI is InChI=1S/C13H24O11S/c1-5-4-21-13(8(15)7(5)14)23-10-6(2)22-12(20-3)9(16)11(10)25(18,19)24-17/h5-17H,4H2,1-3H3/t5?,6?,7?,8-,9?,10+,11+,12-,13+/m1/s1. The number of methoxy groups -OCH3 is 1. The van der Waals surface area contributed by atoms with Crippen molar-refractivity contribution in [3.05, 3.63) is 0 Å². The van der Waals surface area contributed by atoms with Crippen LogP contribution in [-0.2, 0) is 33.4 Å². The summed E-state index contributed by atoms with van der Waals surface area (Å²) >= 11 is 0. The van der Waals surface area contributed by atoms with Crippen molar-refractivity contribution in [3.8, 4) is 0 Å². The van der Waals surface area contributed by atoms with E-state index in [-0.39, 0.29) is 12.5 Å². The zero-order valence-corrected chi connectivity index (χ0v) is 14.8. The Morgan fingerprint density at radius 3 is 2.24 bits per heavy atom. The van der Waals surface area contributed by atoms with E-state index in [1.54, 1.807) is 6.92 Å². The maximum absolute atomic E-state index is 12.0. The van der Waals surface area contributed by atoms with Crippen LogP contribution in [0.15, 0.2) is 0 Å². The highest BCUT2D eigenvalue weighted by atomic mass is 32.2. The summed E-state index contributed by atoms with van der Waals surface area (Å²) in [6.07, 6.45) is -9.29. The van der Waals surface area contributed by atoms with Gasteiger partial charge in [-0.2, -0.15) is 8.42 Å². The number of rotatable bonds is 5. The summed E-state index contributed by atoms with van der Waals surface area (Å²) in [4.78, 5) is 0. The van der Waals surface area contributed by atoms with Crippen molar-refractivity contribution >= 4 is 10.1 Å². The first-order chi connectivity index (χ1) is 11.6. The second-order valence-electron chi connectivity index (χ2n) is 6.23. The molecule has 0 aromatic rings. The second kappa shape index (κ2) is 8.08. The molecule has 0 aliphatic carbocycles. The topological polar surface area (TPSA) is 161 Å². The molecule has 2 rings (SSSR count). The highest BCUT2D eigenvalue weighted by molar-refractivity contribution is 7.87. The molecule has 0 aromatic heterocycles. The van der Waals surface area contributed by atoms with Gasteiger partial charge in [-0.05, 0) is 6.92 Å². The summed E-state index contributed by atoms with van der Waals surface area (Å²) in [6.45, 7) is 3.19. The third-order valence-electron chi connectivity index (χ3n) is 4.45. The Bertz CT molecular complexity index is 540. The molecule has 0 spiro atoms. The van der Waals surface area contributed by atoms with Crippen molar-refractivity contribution in [3.63, 3.8) is 0 Å². The Hall–Kier alpha value is -0.410. The molecule has 2 aliphatic rings. The Balaban J connectivity index is 2.26. The van der Waals surface area contributed by atoms with Gasteiger partial charge in [-0.25, -0.2) is 5.26 Å². The quantitative estimate of drug-likeness (QED) is 0.305. The van der Waals surface area contributed by atoms with Crippen LogP contribution in [0.2, 0.25) is 0 Å². The molecule has 9 atom stereocenters. The zero-order valence-electron chi connectivity index (χ0n) is 14.0. The van der Waals surface area contributed by atoms with Gasteiger partial charge in [0.05, 0.1) is 18.8 Å². The minimum Gasteiger partial charge on any atom is -0.390 e. The van der Waals surface area contributed by atoms with Gasteiger partial charge in [0.15, 0.2) is 12.6 Å². The van der Waals surface area contributed by atoms with Crippen LogP contribution < -0.4 is 0 Å². The van der Waals surface area contributed by atoms with E-state index in [9.17, 15) is 23.7 Å². The summed E-state index contributed by atoms with van der Waals surface area (Å²) in [5, 5.41) is 37.1. The number of hydrogen-bond acceptors (Lipinski definition) is 11. The monoisotopic (exact) mass is 388 g/mol. The predicted octanol–water partition coefficient (Wildman–Crippen LogP) is -1.97. The van der Waals surface area contributed by atoms with E-state index in [0.29, 0.717) is 0 Å². The summed E-state index contributed by atoms with van der Waals surface area (Å²) in [7, 11) is -3.46. The SMILES string of the molecule is CO[C@@H]1OC(C)[C@H](O[C@@H]2OCC(C)C(O)[C@H]2O)[C@@H](S(=O)(=O)OO)C1O. The summed E-state index contributed by atoms with van der Waals surface area (Å²) < 4.78 is 48.7. The molecule has 0 bridgehead atoms. The highest BCUT2D eigenvalue weighted by Crippen LogP contribution is 2.32. The van der Waals surface area contributed by atoms with E-state index in [1.165, 1.54) is 14.0 Å². The van der Waals surface area contributed by atoms with E-state index in [0.717, 1.165) is 0 Å². The van der Waals surface area contributed by atoms with Gasteiger partial charge in [-0.1, -0.05) is 6.92 Å². The Kier molecular flexibility index (Phi) is 6.76. The van der Waals surface area contributed by atoms with Crippen molar-refractivity contribution in [2.45, 2.75) is 62.2 Å². The maximum Gasteiger partial charge on any atom is 0.301 e. The first kappa shape index (κ1) is 20.9. The van der Waals surface area contributed by atoms with E-state index in [4.69, 9.17) is 24.2 Å². The highest BCUT2D eigenvalue weighted by Gasteiger charge is 2.54. The third-order valence-corrected chi connectivity index (χ3v) is 5.87. The van der Waals surface area contributed by atoms with Crippen LogP contribution in [0.5, 0.6) is 0 Å². The van der Waals surface area contributed by atoms with Crippen molar-refractivity contribution in [2.75, 3.05) is 13.7 Å². The van der Waals surface area contributed by atoms with Crippen molar-refractivity contribution < 1.29 is 52.3 Å². The van der Waals surface area contributed by atoms with Gasteiger partial charge in [0, 0.05) is 13.0 Å². The Morgan fingerprint density at radius 2 is 1.68 bits per heavy atom. The normalized spacial score (nSPS) is 46.1. The van der Waals surface area contributed by atoms with Gasteiger partial charge in [-0.15, -0.1) is 4.33 Å². The first-order valence-corrected chi connectivity index (χ1v) is 9.17. The number of aliphatic hydroxyl groups is 3. The molecule has 4 N–H and O–H groups in total. The Labute approximate surface area is 145 Å². The number of hydrogen-bond donors (Lipinski definition) is 4. The molecular formula is C13H24O11S. The molecule has 2 fully saturated rings. The molecular weight excluding hydrogens is 364 g/mol. The van der Waals surface area contributed by atoms with Crippen molar-refractivity contribution in [1.29, 1.82) is 0 Å². The number of ether oxygens (including phenoxy) is 4. The smallest absolute Gasteiger partial charge is 0.301 e. The maximum atomic E-state index is 12.0. The van der Waals surface area contributed by atoms with E-state index in [1.807, 2.05) is 0 Å². The predicted molar refractivity (Wildman–Crippen MR) is 79.6 cm³/mol. The average molecular weight is 388 g/mol. The minimum atomic E-state index is -4.67. The largest absolute Gasteiger partial charge is 0.390 e. The second-order valence-corrected chi connectivity index (χ2v) is 7.91. The van der Waals surface area contributed by atoms with Gasteiger partial charge < -0.3 is 34.3 Å². The van der Waals surface area contributed by atoms with Crippen molar-refractivity contribution in [1.82, 2.24) is 0 Å². The van der Waals surface area contributed by atoms with Crippen LogP contribution >= 0.6 is 0 Å². The minimum absolute atomic E-state index is 0.0714. The molecule has 4 unspecified atom stereocenters. The lowest BCUT2D eigenvalue weighted by molar-refractivity contribution is -0.314. The molecule has 12 heteroatoms. The molecule has 11 nitrogen and oxygen atoms in total. The summed E-state index contributed by atoms with van der Waals surface area (Å²) in [5.41, 5.74) is 0.